The van der Waals surface area contributed by atoms with E-state index >= 15 is 0 Å². The van der Waals surface area contributed by atoms with Gasteiger partial charge in [0.15, 0.2) is 0 Å². The average Bonchev–Trinajstić information content (AvgIpc) is 2.73. The Kier molecular flexibility index (Phi) is 5.92. The van der Waals surface area contributed by atoms with E-state index in [1.165, 1.54) is 5.56 Å². The molecule has 1 atom stereocenters. The summed E-state index contributed by atoms with van der Waals surface area (Å²) in [6.07, 6.45) is 5.34. The molecule has 0 radical (unpaired) electrons. The molecule has 0 bridgehead atoms. The number of aromatic nitrogens is 1. The first kappa shape index (κ1) is 14.8. The number of carbonyl (C=O) groups excluding carboxylic acids is 1. The summed E-state index contributed by atoms with van der Waals surface area (Å²) in [7, 11) is 0. The van der Waals surface area contributed by atoms with Gasteiger partial charge in [-0.2, -0.15) is 0 Å². The highest BCUT2D eigenvalue weighted by atomic mass is 16.2. The van der Waals surface area contributed by atoms with Crippen LogP contribution in [0.4, 0.5) is 0 Å². The summed E-state index contributed by atoms with van der Waals surface area (Å²) >= 11 is 0. The molecule has 18 heavy (non-hydrogen) atoms. The smallest absolute Gasteiger partial charge is 0.237 e. The predicted molar refractivity (Wildman–Crippen MR) is 74.3 cm³/mol. The van der Waals surface area contributed by atoms with E-state index in [9.17, 15) is 4.79 Å². The second-order valence-corrected chi connectivity index (χ2v) is 5.02. The number of carbonyl (C=O) groups is 1. The van der Waals surface area contributed by atoms with E-state index in [1.807, 2.05) is 20.8 Å². The summed E-state index contributed by atoms with van der Waals surface area (Å²) in [6.45, 7) is 9.76. The molecule has 0 saturated heterocycles. The summed E-state index contributed by atoms with van der Waals surface area (Å²) in [5, 5.41) is 6.13. The van der Waals surface area contributed by atoms with Crippen LogP contribution >= 0.6 is 0 Å². The number of aryl methyl sites for hydroxylation is 1. The van der Waals surface area contributed by atoms with Crippen molar-refractivity contribution in [3.8, 4) is 0 Å². The van der Waals surface area contributed by atoms with Crippen LogP contribution in [0.1, 0.15) is 39.7 Å². The summed E-state index contributed by atoms with van der Waals surface area (Å²) in [5.74, 6) is 0.0537. The van der Waals surface area contributed by atoms with Gasteiger partial charge in [0.1, 0.15) is 0 Å². The second-order valence-electron chi connectivity index (χ2n) is 5.02. The normalized spacial score (nSPS) is 12.7. The number of hydrogen-bond donors (Lipinski definition) is 2. The molecule has 0 saturated carbocycles. The lowest BCUT2D eigenvalue weighted by Gasteiger charge is -2.15. The molecule has 0 spiro atoms. The standard InChI is InChI=1S/C14H25N3O/c1-5-7-17-8-6-13(10-17)9-15-12(4)14(18)16-11(2)3/h6,8,10-12,15H,5,7,9H2,1-4H3,(H,16,18). The fourth-order valence-corrected chi connectivity index (χ4v) is 1.77. The van der Waals surface area contributed by atoms with E-state index in [-0.39, 0.29) is 18.0 Å². The number of nitrogens with one attached hydrogen (secondary N) is 2. The highest BCUT2D eigenvalue weighted by Crippen LogP contribution is 2.02. The monoisotopic (exact) mass is 251 g/mol. The Morgan fingerprint density at radius 3 is 2.72 bits per heavy atom. The summed E-state index contributed by atoms with van der Waals surface area (Å²) in [5.41, 5.74) is 1.22. The van der Waals surface area contributed by atoms with Gasteiger partial charge in [-0.05, 0) is 38.8 Å². The van der Waals surface area contributed by atoms with Crippen LogP contribution in [0, 0.1) is 0 Å². The molecule has 1 heterocycles. The minimum Gasteiger partial charge on any atom is -0.354 e. The van der Waals surface area contributed by atoms with Gasteiger partial charge in [0, 0.05) is 31.5 Å². The fourth-order valence-electron chi connectivity index (χ4n) is 1.77. The Morgan fingerprint density at radius 1 is 1.39 bits per heavy atom. The Balaban J connectivity index is 2.37. The third-order valence-corrected chi connectivity index (χ3v) is 2.73. The van der Waals surface area contributed by atoms with Crippen molar-refractivity contribution < 1.29 is 4.79 Å². The Labute approximate surface area is 110 Å². The van der Waals surface area contributed by atoms with Gasteiger partial charge in [-0.1, -0.05) is 6.92 Å². The summed E-state index contributed by atoms with van der Waals surface area (Å²) < 4.78 is 2.18. The first-order valence-corrected chi connectivity index (χ1v) is 6.71. The van der Waals surface area contributed by atoms with Crippen molar-refractivity contribution in [2.24, 2.45) is 0 Å². The molecule has 1 aromatic heterocycles. The van der Waals surface area contributed by atoms with Crippen molar-refractivity contribution in [3.63, 3.8) is 0 Å². The zero-order valence-electron chi connectivity index (χ0n) is 11.9. The maximum atomic E-state index is 11.7. The molecule has 0 aliphatic carbocycles. The molecule has 1 unspecified atom stereocenters. The highest BCUT2D eigenvalue weighted by Gasteiger charge is 2.12. The molecule has 102 valence electrons. The predicted octanol–water partition coefficient (Wildman–Crippen LogP) is 1.90. The minimum atomic E-state index is -0.165. The zero-order chi connectivity index (χ0) is 13.5. The Bertz CT molecular complexity index is 371. The number of rotatable bonds is 7. The molecule has 0 aliphatic rings. The van der Waals surface area contributed by atoms with Gasteiger partial charge in [-0.25, -0.2) is 0 Å². The maximum Gasteiger partial charge on any atom is 0.237 e. The average molecular weight is 251 g/mol. The first-order chi connectivity index (χ1) is 8.52. The molecule has 1 rings (SSSR count). The molecule has 0 aromatic carbocycles. The lowest BCUT2D eigenvalue weighted by Crippen LogP contribution is -2.44. The Hall–Kier alpha value is -1.29. The van der Waals surface area contributed by atoms with Crippen molar-refractivity contribution in [2.75, 3.05) is 0 Å². The number of hydrogen-bond acceptors (Lipinski definition) is 2. The van der Waals surface area contributed by atoms with Crippen LogP contribution in [0.5, 0.6) is 0 Å². The van der Waals surface area contributed by atoms with Crippen LogP contribution in [-0.4, -0.2) is 22.6 Å². The van der Waals surface area contributed by atoms with Crippen molar-refractivity contribution >= 4 is 5.91 Å². The molecule has 1 aromatic rings. The lowest BCUT2D eigenvalue weighted by molar-refractivity contribution is -0.123. The largest absolute Gasteiger partial charge is 0.354 e. The van der Waals surface area contributed by atoms with Gasteiger partial charge in [0.05, 0.1) is 6.04 Å². The summed E-state index contributed by atoms with van der Waals surface area (Å²) in [6, 6.07) is 2.12. The van der Waals surface area contributed by atoms with E-state index in [0.717, 1.165) is 19.5 Å². The second kappa shape index (κ2) is 7.21. The van der Waals surface area contributed by atoms with E-state index < -0.39 is 0 Å². The van der Waals surface area contributed by atoms with Gasteiger partial charge in [0.25, 0.3) is 0 Å². The SMILES string of the molecule is CCCn1ccc(CNC(C)C(=O)NC(C)C)c1. The molecular weight excluding hydrogens is 226 g/mol. The maximum absolute atomic E-state index is 11.7. The number of amides is 1. The quantitative estimate of drug-likeness (QED) is 0.777. The van der Waals surface area contributed by atoms with Crippen LogP contribution < -0.4 is 10.6 Å². The van der Waals surface area contributed by atoms with E-state index in [1.54, 1.807) is 0 Å². The zero-order valence-corrected chi connectivity index (χ0v) is 11.9. The van der Waals surface area contributed by atoms with Crippen LogP contribution in [-0.2, 0) is 17.9 Å². The van der Waals surface area contributed by atoms with E-state index in [4.69, 9.17) is 0 Å². The number of nitrogens with zero attached hydrogens (tertiary/aromatic N) is 1. The van der Waals surface area contributed by atoms with Crippen molar-refractivity contribution in [1.82, 2.24) is 15.2 Å². The topological polar surface area (TPSA) is 46.1 Å². The fraction of sp³-hybridized carbons (Fsp3) is 0.643. The van der Waals surface area contributed by atoms with Crippen LogP contribution in [0.25, 0.3) is 0 Å². The van der Waals surface area contributed by atoms with Crippen molar-refractivity contribution in [3.05, 3.63) is 24.0 Å². The molecule has 0 fully saturated rings. The Morgan fingerprint density at radius 2 is 2.11 bits per heavy atom. The molecule has 2 N–H and O–H groups in total. The molecule has 4 nitrogen and oxygen atoms in total. The molecule has 4 heteroatoms. The summed E-state index contributed by atoms with van der Waals surface area (Å²) in [4.78, 5) is 11.7. The van der Waals surface area contributed by atoms with Crippen molar-refractivity contribution in [1.29, 1.82) is 0 Å². The third-order valence-electron chi connectivity index (χ3n) is 2.73. The van der Waals surface area contributed by atoms with Crippen LogP contribution in [0.15, 0.2) is 18.5 Å². The highest BCUT2D eigenvalue weighted by molar-refractivity contribution is 5.81. The van der Waals surface area contributed by atoms with Gasteiger partial charge in [-0.15, -0.1) is 0 Å². The van der Waals surface area contributed by atoms with Crippen molar-refractivity contribution in [2.45, 2.75) is 59.3 Å². The molecule has 1 amide bonds. The van der Waals surface area contributed by atoms with Gasteiger partial charge < -0.3 is 15.2 Å². The van der Waals surface area contributed by atoms with E-state index in [2.05, 4.69) is 40.6 Å². The van der Waals surface area contributed by atoms with Crippen LogP contribution in [0.3, 0.4) is 0 Å². The van der Waals surface area contributed by atoms with Gasteiger partial charge in [-0.3, -0.25) is 4.79 Å². The van der Waals surface area contributed by atoms with E-state index in [0.29, 0.717) is 0 Å². The third kappa shape index (κ3) is 4.92. The molecular formula is C14H25N3O. The minimum absolute atomic E-state index is 0.0537. The van der Waals surface area contributed by atoms with Gasteiger partial charge in [0.2, 0.25) is 5.91 Å². The van der Waals surface area contributed by atoms with Gasteiger partial charge >= 0.3 is 0 Å². The molecule has 0 aliphatic heterocycles. The first-order valence-electron chi connectivity index (χ1n) is 6.71. The lowest BCUT2D eigenvalue weighted by atomic mass is 10.2. The van der Waals surface area contributed by atoms with Crippen LogP contribution in [0.2, 0.25) is 0 Å².